The molecule has 0 atom stereocenters. The standard InChI is InChI=1S/C5H5.CH3.2HI.Ru/c1-2-4-5-3-1;;;;/h1-5H;1H3;2*1H;/q2*-1;;;+4/p-2. The van der Waals surface area contributed by atoms with E-state index in [1.807, 2.05) is 30.3 Å². The fourth-order valence-electron chi connectivity index (χ4n) is 0.321. The van der Waals surface area contributed by atoms with Gasteiger partial charge in [0.15, 0.2) is 0 Å². The Morgan fingerprint density at radius 2 is 1.44 bits per heavy atom. The third-order valence-corrected chi connectivity index (χ3v) is 0.556. The molecule has 0 saturated carbocycles. The minimum atomic E-state index is 0. The van der Waals surface area contributed by atoms with Crippen LogP contribution in [0.3, 0.4) is 0 Å². The number of hydrogen-bond donors (Lipinski definition) is 0. The van der Waals surface area contributed by atoms with Crippen molar-refractivity contribution in [1.29, 1.82) is 0 Å². The van der Waals surface area contributed by atoms with Crippen molar-refractivity contribution in [3.05, 3.63) is 37.8 Å². The van der Waals surface area contributed by atoms with Crippen LogP contribution in [0.15, 0.2) is 30.3 Å². The third-order valence-electron chi connectivity index (χ3n) is 0.556. The molecule has 0 amide bonds. The summed E-state index contributed by atoms with van der Waals surface area (Å²) in [5.41, 5.74) is 0. The molecule has 0 bridgehead atoms. The van der Waals surface area contributed by atoms with Crippen molar-refractivity contribution < 1.29 is 10.1 Å². The van der Waals surface area contributed by atoms with E-state index in [2.05, 4.69) is 39.5 Å². The Morgan fingerprint density at radius 3 is 1.56 bits per heavy atom. The molecular formula is C6H8I2Ru. The van der Waals surface area contributed by atoms with Crippen LogP contribution in [-0.2, 0) is 10.1 Å². The minimum absolute atomic E-state index is 0. The summed E-state index contributed by atoms with van der Waals surface area (Å²) in [4.78, 5) is 0. The van der Waals surface area contributed by atoms with Crippen molar-refractivity contribution in [2.75, 3.05) is 0 Å². The molecule has 0 spiro atoms. The van der Waals surface area contributed by atoms with E-state index in [0.717, 1.165) is 0 Å². The molecule has 1 rings (SSSR count). The molecular weight excluding hydrogens is 427 g/mol. The van der Waals surface area contributed by atoms with E-state index in [4.69, 9.17) is 0 Å². The quantitative estimate of drug-likeness (QED) is 0.332. The zero-order valence-electron chi connectivity index (χ0n) is 5.00. The molecule has 0 N–H and O–H groups in total. The maximum atomic E-state index is 2.37. The van der Waals surface area contributed by atoms with Crippen LogP contribution in [0.2, 0.25) is 0 Å². The molecule has 0 radical (unpaired) electrons. The Labute approximate surface area is 86.1 Å². The molecule has 0 saturated heterocycles. The molecule has 9 heavy (non-hydrogen) atoms. The van der Waals surface area contributed by atoms with Crippen LogP contribution in [0.4, 0.5) is 0 Å². The molecule has 0 heterocycles. The van der Waals surface area contributed by atoms with Crippen molar-refractivity contribution in [3.63, 3.8) is 0 Å². The smallest absolute Gasteiger partial charge is 0.172 e. The predicted octanol–water partition coefficient (Wildman–Crippen LogP) is 3.62. The Morgan fingerprint density at radius 1 is 1.11 bits per heavy atom. The second-order valence-electron chi connectivity index (χ2n) is 1.01. The van der Waals surface area contributed by atoms with Gasteiger partial charge in [-0.15, -0.1) is 0 Å². The van der Waals surface area contributed by atoms with Gasteiger partial charge in [-0.3, -0.25) is 0 Å². The van der Waals surface area contributed by atoms with Crippen LogP contribution in [0.5, 0.6) is 0 Å². The first-order valence-electron chi connectivity index (χ1n) is 1.93. The van der Waals surface area contributed by atoms with Crippen LogP contribution in [-0.4, -0.2) is 0 Å². The predicted molar refractivity (Wildman–Crippen MR) is 56.5 cm³/mol. The zero-order valence-corrected chi connectivity index (χ0v) is 11.0. The molecule has 3 heteroatoms. The Balaban J connectivity index is 0. The minimum Gasteiger partial charge on any atom is -0.214 e. The van der Waals surface area contributed by atoms with E-state index in [9.17, 15) is 0 Å². The van der Waals surface area contributed by atoms with Gasteiger partial charge >= 0.3 is 49.6 Å². The SMILES string of the molecule is [CH3-].[I][Ru+2][I].c1cc[cH-]c1. The summed E-state index contributed by atoms with van der Waals surface area (Å²) in [7, 11) is 0.650. The van der Waals surface area contributed by atoms with Crippen molar-refractivity contribution >= 4 is 39.5 Å². The van der Waals surface area contributed by atoms with E-state index in [-0.39, 0.29) is 7.43 Å². The van der Waals surface area contributed by atoms with E-state index < -0.39 is 0 Å². The Kier molecular flexibility index (Phi) is 17.6. The summed E-state index contributed by atoms with van der Waals surface area (Å²) in [5, 5.41) is 0. The maximum absolute atomic E-state index is 2.37. The molecule has 1 aromatic carbocycles. The molecule has 0 aliphatic rings. The van der Waals surface area contributed by atoms with Crippen molar-refractivity contribution in [2.45, 2.75) is 0 Å². The molecule has 0 fully saturated rings. The molecule has 0 aliphatic carbocycles. The van der Waals surface area contributed by atoms with E-state index in [1.54, 1.807) is 0 Å². The molecule has 1 aromatic rings. The number of hydrogen-bond acceptors (Lipinski definition) is 0. The second kappa shape index (κ2) is 12.1. The molecule has 0 unspecified atom stereocenters. The van der Waals surface area contributed by atoms with E-state index >= 15 is 0 Å². The van der Waals surface area contributed by atoms with E-state index in [1.165, 1.54) is 0 Å². The monoisotopic (exact) mass is 436 g/mol. The average Bonchev–Trinajstić information content (AvgIpc) is 2.17. The summed E-state index contributed by atoms with van der Waals surface area (Å²) >= 11 is 4.73. The molecule has 0 nitrogen and oxygen atoms in total. The summed E-state index contributed by atoms with van der Waals surface area (Å²) in [5.74, 6) is 0. The normalized spacial score (nSPS) is 6.44. The second-order valence-corrected chi connectivity index (χ2v) is 14.4. The van der Waals surface area contributed by atoms with Crippen LogP contribution < -0.4 is 0 Å². The van der Waals surface area contributed by atoms with Crippen LogP contribution in [0.1, 0.15) is 0 Å². The van der Waals surface area contributed by atoms with Gasteiger partial charge in [0.2, 0.25) is 0 Å². The molecule has 0 aliphatic heterocycles. The van der Waals surface area contributed by atoms with Crippen LogP contribution in [0.25, 0.3) is 0 Å². The van der Waals surface area contributed by atoms with Gasteiger partial charge in [-0.05, 0) is 0 Å². The number of rotatable bonds is 0. The van der Waals surface area contributed by atoms with Gasteiger partial charge in [-0.2, -0.15) is 18.2 Å². The van der Waals surface area contributed by atoms with Gasteiger partial charge in [0.1, 0.15) is 0 Å². The summed E-state index contributed by atoms with van der Waals surface area (Å²) in [6, 6.07) is 10.0. The fourth-order valence-corrected chi connectivity index (χ4v) is 0.321. The van der Waals surface area contributed by atoms with Gasteiger partial charge in [0.25, 0.3) is 0 Å². The summed E-state index contributed by atoms with van der Waals surface area (Å²) < 4.78 is 0. The van der Waals surface area contributed by atoms with Crippen molar-refractivity contribution in [1.82, 2.24) is 0 Å². The van der Waals surface area contributed by atoms with Crippen molar-refractivity contribution in [2.24, 2.45) is 0 Å². The topological polar surface area (TPSA) is 0 Å². The molecule has 54 valence electrons. The number of halogens is 2. The first-order valence-corrected chi connectivity index (χ1v) is 12.3. The zero-order chi connectivity index (χ0) is 6.24. The maximum Gasteiger partial charge on any atom is -0.172 e. The summed E-state index contributed by atoms with van der Waals surface area (Å²) in [6.07, 6.45) is 0. The third kappa shape index (κ3) is 12.6. The largest absolute Gasteiger partial charge is 0.214 e. The molecule has 0 aromatic heterocycles. The van der Waals surface area contributed by atoms with Gasteiger partial charge in [-0.1, -0.05) is 0 Å². The Bertz CT molecular complexity index is 78.0. The van der Waals surface area contributed by atoms with Gasteiger partial charge in [0.05, 0.1) is 0 Å². The van der Waals surface area contributed by atoms with Gasteiger partial charge in [0, 0.05) is 0 Å². The Hall–Kier alpha value is 1.43. The average molecular weight is 435 g/mol. The van der Waals surface area contributed by atoms with E-state index in [0.29, 0.717) is 10.1 Å². The summed E-state index contributed by atoms with van der Waals surface area (Å²) in [6.45, 7) is 0. The van der Waals surface area contributed by atoms with Gasteiger partial charge < -0.3 is 7.43 Å². The van der Waals surface area contributed by atoms with Crippen LogP contribution >= 0.6 is 39.5 Å². The van der Waals surface area contributed by atoms with Gasteiger partial charge in [-0.25, -0.2) is 12.1 Å². The van der Waals surface area contributed by atoms with Crippen molar-refractivity contribution in [3.8, 4) is 0 Å². The first kappa shape index (κ1) is 13.1. The first-order chi connectivity index (χ1) is 3.91. The fraction of sp³-hybridized carbons (Fsp3) is 0. The van der Waals surface area contributed by atoms with Crippen LogP contribution in [0, 0.1) is 7.43 Å².